The van der Waals surface area contributed by atoms with Crippen LogP contribution in [0.4, 0.5) is 4.56 Å². The van der Waals surface area contributed by atoms with Gasteiger partial charge in [0, 0.05) is 0 Å². The molecule has 2 rings (SSSR count). The van der Waals surface area contributed by atoms with Crippen molar-refractivity contribution in [3.63, 3.8) is 0 Å². The van der Waals surface area contributed by atoms with E-state index < -0.39 is 0 Å². The number of rotatable bonds is 2. The van der Waals surface area contributed by atoms with Crippen LogP contribution in [0.1, 0.15) is 16.2 Å². The summed E-state index contributed by atoms with van der Waals surface area (Å²) in [6.45, 7) is 5.19. The third-order valence-corrected chi connectivity index (χ3v) is 4.88. The van der Waals surface area contributed by atoms with E-state index in [9.17, 15) is 4.79 Å². The SMILES string of the molecule is CC(=O)c1ccc(N2CCOCC2)[se]1. The second-order valence-corrected chi connectivity index (χ2v) is 5.52. The molecule has 0 saturated carbocycles. The molecule has 0 aromatic carbocycles. The van der Waals surface area contributed by atoms with E-state index in [0.29, 0.717) is 0 Å². The van der Waals surface area contributed by atoms with Gasteiger partial charge in [0.25, 0.3) is 0 Å². The van der Waals surface area contributed by atoms with Gasteiger partial charge in [0.1, 0.15) is 0 Å². The predicted octanol–water partition coefficient (Wildman–Crippen LogP) is 0.783. The van der Waals surface area contributed by atoms with Crippen LogP contribution in [-0.2, 0) is 4.74 Å². The molecule has 14 heavy (non-hydrogen) atoms. The Kier molecular flexibility index (Phi) is 3.06. The van der Waals surface area contributed by atoms with Gasteiger partial charge in [0.05, 0.1) is 0 Å². The molecule has 3 nitrogen and oxygen atoms in total. The summed E-state index contributed by atoms with van der Waals surface area (Å²) in [5, 5.41) is 0. The standard InChI is InChI=1S/C10H13NO2Se/c1-8(12)9-2-3-10(14-9)11-4-6-13-7-5-11/h2-3H,4-7H2,1H3. The molecule has 0 unspecified atom stereocenters. The number of hydrogen-bond acceptors (Lipinski definition) is 3. The Hall–Kier alpha value is -0.571. The Bertz CT molecular complexity index is 329. The Morgan fingerprint density at radius 1 is 1.43 bits per heavy atom. The fourth-order valence-corrected chi connectivity index (χ4v) is 3.47. The van der Waals surface area contributed by atoms with Crippen molar-refractivity contribution >= 4 is 24.8 Å². The fourth-order valence-electron chi connectivity index (χ4n) is 1.47. The first kappa shape index (κ1) is 9.96. The van der Waals surface area contributed by atoms with E-state index in [1.165, 1.54) is 4.56 Å². The van der Waals surface area contributed by atoms with E-state index in [-0.39, 0.29) is 20.3 Å². The third-order valence-electron chi connectivity index (χ3n) is 2.26. The average Bonchev–Trinajstić information content (AvgIpc) is 2.68. The van der Waals surface area contributed by atoms with Crippen LogP contribution in [0.25, 0.3) is 0 Å². The zero-order valence-electron chi connectivity index (χ0n) is 8.16. The van der Waals surface area contributed by atoms with E-state index in [0.717, 1.165) is 30.7 Å². The number of carbonyl (C=O) groups excluding carboxylic acids is 1. The van der Waals surface area contributed by atoms with Crippen LogP contribution in [0, 0.1) is 0 Å². The van der Waals surface area contributed by atoms with Crippen molar-refractivity contribution in [2.75, 3.05) is 31.2 Å². The van der Waals surface area contributed by atoms with Gasteiger partial charge in [-0.3, -0.25) is 0 Å². The Labute approximate surface area is 89.4 Å². The summed E-state index contributed by atoms with van der Waals surface area (Å²) >= 11 is 0.225. The summed E-state index contributed by atoms with van der Waals surface area (Å²) in [5.74, 6) is 0.213. The van der Waals surface area contributed by atoms with Gasteiger partial charge in [0.15, 0.2) is 0 Å². The second kappa shape index (κ2) is 4.30. The fraction of sp³-hybridized carbons (Fsp3) is 0.500. The van der Waals surface area contributed by atoms with Crippen molar-refractivity contribution in [3.05, 3.63) is 16.6 Å². The zero-order chi connectivity index (χ0) is 9.97. The minimum absolute atomic E-state index is 0.213. The van der Waals surface area contributed by atoms with E-state index in [4.69, 9.17) is 4.74 Å². The van der Waals surface area contributed by atoms with Gasteiger partial charge in [-0.25, -0.2) is 0 Å². The van der Waals surface area contributed by atoms with Crippen molar-refractivity contribution in [3.8, 4) is 0 Å². The van der Waals surface area contributed by atoms with Crippen LogP contribution in [0.2, 0.25) is 0 Å². The molecule has 0 N–H and O–H groups in total. The molecule has 1 aromatic heterocycles. The van der Waals surface area contributed by atoms with Crippen LogP contribution in [0.3, 0.4) is 0 Å². The summed E-state index contributed by atoms with van der Waals surface area (Å²) in [7, 11) is 0. The normalized spacial score (nSPS) is 17.1. The quantitative estimate of drug-likeness (QED) is 0.580. The average molecular weight is 258 g/mol. The first-order chi connectivity index (χ1) is 6.77. The maximum atomic E-state index is 11.1. The number of nitrogens with zero attached hydrogens (tertiary/aromatic N) is 1. The van der Waals surface area contributed by atoms with Gasteiger partial charge in [0.2, 0.25) is 0 Å². The molecule has 0 aliphatic carbocycles. The summed E-state index contributed by atoms with van der Waals surface area (Å²) in [6.07, 6.45) is 0. The van der Waals surface area contributed by atoms with Gasteiger partial charge in [-0.1, -0.05) is 0 Å². The molecule has 0 radical (unpaired) electrons. The molecule has 1 fully saturated rings. The molecule has 0 bridgehead atoms. The van der Waals surface area contributed by atoms with Crippen LogP contribution in [0.15, 0.2) is 12.1 Å². The molecule has 1 aromatic rings. The monoisotopic (exact) mass is 259 g/mol. The van der Waals surface area contributed by atoms with Gasteiger partial charge < -0.3 is 0 Å². The van der Waals surface area contributed by atoms with E-state index in [1.54, 1.807) is 6.92 Å². The van der Waals surface area contributed by atoms with Gasteiger partial charge in [-0.05, 0) is 0 Å². The van der Waals surface area contributed by atoms with Crippen LogP contribution >= 0.6 is 0 Å². The van der Waals surface area contributed by atoms with Gasteiger partial charge >= 0.3 is 89.1 Å². The Balaban J connectivity index is 2.11. The van der Waals surface area contributed by atoms with Crippen molar-refractivity contribution in [1.82, 2.24) is 0 Å². The first-order valence-corrected chi connectivity index (χ1v) is 6.42. The topological polar surface area (TPSA) is 29.5 Å². The minimum atomic E-state index is 0.213. The van der Waals surface area contributed by atoms with Gasteiger partial charge in [-0.15, -0.1) is 0 Å². The van der Waals surface area contributed by atoms with E-state index in [1.807, 2.05) is 6.07 Å². The number of ether oxygens (including phenoxy) is 1. The van der Waals surface area contributed by atoms with Crippen molar-refractivity contribution in [1.29, 1.82) is 0 Å². The summed E-state index contributed by atoms with van der Waals surface area (Å²) < 4.78 is 7.60. The molecule has 0 spiro atoms. The zero-order valence-corrected chi connectivity index (χ0v) is 9.87. The Morgan fingerprint density at radius 3 is 2.71 bits per heavy atom. The molecule has 1 aliphatic rings. The summed E-state index contributed by atoms with van der Waals surface area (Å²) in [5.41, 5.74) is 0. The van der Waals surface area contributed by atoms with Crippen LogP contribution in [-0.4, -0.2) is 46.6 Å². The first-order valence-electron chi connectivity index (χ1n) is 4.71. The number of carbonyl (C=O) groups is 1. The van der Waals surface area contributed by atoms with Crippen LogP contribution < -0.4 is 4.90 Å². The number of Topliss-reactive ketones (excluding diaryl/α,β-unsaturated/α-hetero) is 1. The van der Waals surface area contributed by atoms with Gasteiger partial charge in [-0.2, -0.15) is 0 Å². The number of anilines is 1. The molecular formula is C10H13NO2Se. The second-order valence-electron chi connectivity index (χ2n) is 3.29. The third kappa shape index (κ3) is 2.08. The molecule has 1 aliphatic heterocycles. The molecule has 1 saturated heterocycles. The maximum absolute atomic E-state index is 11.1. The van der Waals surface area contributed by atoms with Crippen molar-refractivity contribution < 1.29 is 9.53 Å². The van der Waals surface area contributed by atoms with Crippen LogP contribution in [0.5, 0.6) is 0 Å². The van der Waals surface area contributed by atoms with Crippen molar-refractivity contribution in [2.45, 2.75) is 6.92 Å². The predicted molar refractivity (Wildman–Crippen MR) is 56.4 cm³/mol. The molecule has 0 amide bonds. The molecule has 76 valence electrons. The number of hydrogen-bond donors (Lipinski definition) is 0. The molecule has 0 atom stereocenters. The summed E-state index contributed by atoms with van der Waals surface area (Å²) in [4.78, 5) is 13.5. The number of morpholine rings is 1. The van der Waals surface area contributed by atoms with E-state index in [2.05, 4.69) is 11.0 Å². The molecular weight excluding hydrogens is 245 g/mol. The Morgan fingerprint density at radius 2 is 2.14 bits per heavy atom. The molecule has 2 heterocycles. The summed E-state index contributed by atoms with van der Waals surface area (Å²) in [6, 6.07) is 4.05. The van der Waals surface area contributed by atoms with Crippen molar-refractivity contribution in [2.24, 2.45) is 0 Å². The number of ketones is 1. The molecule has 4 heteroatoms. The van der Waals surface area contributed by atoms with E-state index >= 15 is 0 Å².